The first kappa shape index (κ1) is 26.1. The highest BCUT2D eigenvalue weighted by Crippen LogP contribution is 2.43. The van der Waals surface area contributed by atoms with E-state index in [1.165, 1.54) is 12.0 Å². The van der Waals surface area contributed by atoms with Crippen LogP contribution in [0.15, 0.2) is 88.5 Å². The number of carbonyl (C=O) groups is 2. The zero-order valence-corrected chi connectivity index (χ0v) is 22.6. The van der Waals surface area contributed by atoms with E-state index in [4.69, 9.17) is 9.15 Å². The number of methoxy groups -OCH3 is 1. The predicted octanol–water partition coefficient (Wildman–Crippen LogP) is 6.63. The van der Waals surface area contributed by atoms with Gasteiger partial charge in [0.1, 0.15) is 0 Å². The molecule has 39 heavy (non-hydrogen) atoms. The number of nitrogens with zero attached hydrogens (tertiary/aromatic N) is 2. The second-order valence-electron chi connectivity index (χ2n) is 9.44. The maximum Gasteiger partial charge on any atom is 0.294 e. The number of amides is 1. The molecule has 7 heteroatoms. The van der Waals surface area contributed by atoms with E-state index >= 15 is 0 Å². The van der Waals surface area contributed by atoms with Gasteiger partial charge in [-0.3, -0.25) is 14.5 Å². The smallest absolute Gasteiger partial charge is 0.294 e. The van der Waals surface area contributed by atoms with E-state index < -0.39 is 23.5 Å². The average Bonchev–Trinajstić information content (AvgIpc) is 3.53. The van der Waals surface area contributed by atoms with Crippen molar-refractivity contribution in [2.24, 2.45) is 0 Å². The van der Waals surface area contributed by atoms with Crippen LogP contribution in [0, 0.1) is 0 Å². The third-order valence-corrected chi connectivity index (χ3v) is 7.36. The Morgan fingerprint density at radius 2 is 1.69 bits per heavy atom. The van der Waals surface area contributed by atoms with Gasteiger partial charge in [-0.15, -0.1) is 0 Å². The van der Waals surface area contributed by atoms with Gasteiger partial charge in [0, 0.05) is 29.9 Å². The first-order chi connectivity index (χ1) is 18.9. The van der Waals surface area contributed by atoms with Gasteiger partial charge in [0.15, 0.2) is 22.9 Å². The zero-order valence-electron chi connectivity index (χ0n) is 22.6. The normalized spacial score (nSPS) is 15.3. The molecule has 0 fully saturated rings. The summed E-state index contributed by atoms with van der Waals surface area (Å²) >= 11 is 0. The summed E-state index contributed by atoms with van der Waals surface area (Å²) in [5.74, 6) is -1.24. The van der Waals surface area contributed by atoms with Crippen LogP contribution >= 0.6 is 0 Å². The van der Waals surface area contributed by atoms with Crippen molar-refractivity contribution in [2.75, 3.05) is 30.0 Å². The molecule has 1 aromatic heterocycles. The molecular formula is C32H32N2O5. The van der Waals surface area contributed by atoms with Crippen molar-refractivity contribution in [1.29, 1.82) is 0 Å². The summed E-state index contributed by atoms with van der Waals surface area (Å²) in [5.41, 5.74) is 3.87. The number of rotatable bonds is 9. The minimum absolute atomic E-state index is 0.0202. The van der Waals surface area contributed by atoms with E-state index in [0.29, 0.717) is 28.0 Å². The number of furan rings is 1. The lowest BCUT2D eigenvalue weighted by Crippen LogP contribution is -2.31. The summed E-state index contributed by atoms with van der Waals surface area (Å²) in [4.78, 5) is 31.2. The molecule has 5 rings (SSSR count). The third kappa shape index (κ3) is 4.54. The number of aryl methyl sites for hydroxylation is 1. The van der Waals surface area contributed by atoms with Crippen LogP contribution in [-0.4, -0.2) is 37.0 Å². The maximum absolute atomic E-state index is 14.0. The van der Waals surface area contributed by atoms with Crippen LogP contribution in [0.3, 0.4) is 0 Å². The van der Waals surface area contributed by atoms with Gasteiger partial charge >= 0.3 is 0 Å². The molecule has 3 aromatic carbocycles. The number of ketones is 1. The number of benzene rings is 3. The van der Waals surface area contributed by atoms with Crippen molar-refractivity contribution >= 4 is 34.0 Å². The first-order valence-electron chi connectivity index (χ1n) is 13.2. The van der Waals surface area contributed by atoms with Crippen molar-refractivity contribution in [1.82, 2.24) is 0 Å². The highest BCUT2D eigenvalue weighted by atomic mass is 16.5. The summed E-state index contributed by atoms with van der Waals surface area (Å²) in [6.45, 7) is 7.95. The molecule has 2 heterocycles. The molecule has 1 aliphatic heterocycles. The lowest BCUT2D eigenvalue weighted by Gasteiger charge is -2.28. The molecule has 1 amide bonds. The van der Waals surface area contributed by atoms with Crippen LogP contribution in [0.4, 0.5) is 11.4 Å². The van der Waals surface area contributed by atoms with Gasteiger partial charge in [-0.2, -0.15) is 0 Å². The van der Waals surface area contributed by atoms with E-state index in [0.717, 1.165) is 30.8 Å². The summed E-state index contributed by atoms with van der Waals surface area (Å²) in [6.07, 6.45) is 0.854. The molecule has 4 aromatic rings. The number of hydrogen-bond donors (Lipinski definition) is 1. The molecule has 7 nitrogen and oxygen atoms in total. The first-order valence-corrected chi connectivity index (χ1v) is 13.2. The predicted molar refractivity (Wildman–Crippen MR) is 153 cm³/mol. The van der Waals surface area contributed by atoms with E-state index in [-0.39, 0.29) is 11.3 Å². The molecule has 0 bridgehead atoms. The van der Waals surface area contributed by atoms with Crippen molar-refractivity contribution in [3.63, 3.8) is 0 Å². The number of aliphatic hydroxyl groups is 1. The number of carbonyl (C=O) groups excluding carboxylic acids is 2. The molecule has 1 unspecified atom stereocenters. The van der Waals surface area contributed by atoms with Gasteiger partial charge in [0.05, 0.1) is 18.7 Å². The molecule has 0 aliphatic carbocycles. The van der Waals surface area contributed by atoms with E-state index in [9.17, 15) is 14.7 Å². The number of Topliss-reactive ketones (excluding diaryl/α,β-unsaturated/α-hetero) is 1. The van der Waals surface area contributed by atoms with Crippen molar-refractivity contribution in [2.45, 2.75) is 33.2 Å². The van der Waals surface area contributed by atoms with Crippen LogP contribution in [0.2, 0.25) is 0 Å². The molecule has 1 aliphatic rings. The Morgan fingerprint density at radius 3 is 2.31 bits per heavy atom. The second-order valence-corrected chi connectivity index (χ2v) is 9.44. The van der Waals surface area contributed by atoms with Gasteiger partial charge in [0.2, 0.25) is 5.78 Å². The van der Waals surface area contributed by atoms with Crippen molar-refractivity contribution in [3.05, 3.63) is 101 Å². The van der Waals surface area contributed by atoms with Gasteiger partial charge in [-0.25, -0.2) is 0 Å². The number of aliphatic hydroxyl groups excluding tert-OH is 1. The van der Waals surface area contributed by atoms with Crippen molar-refractivity contribution < 1.29 is 23.8 Å². The molecule has 200 valence electrons. The monoisotopic (exact) mass is 524 g/mol. The van der Waals surface area contributed by atoms with E-state index in [1.54, 1.807) is 12.1 Å². The molecule has 1 atom stereocenters. The lowest BCUT2D eigenvalue weighted by molar-refractivity contribution is -0.117. The third-order valence-electron chi connectivity index (χ3n) is 7.36. The van der Waals surface area contributed by atoms with Gasteiger partial charge in [0.25, 0.3) is 5.91 Å². The summed E-state index contributed by atoms with van der Waals surface area (Å²) in [7, 11) is 1.53. The Balaban J connectivity index is 1.62. The van der Waals surface area contributed by atoms with Crippen LogP contribution in [-0.2, 0) is 11.2 Å². The summed E-state index contributed by atoms with van der Waals surface area (Å²) in [6, 6.07) is 21.5. The Kier molecular flexibility index (Phi) is 7.15. The Bertz CT molecular complexity index is 1550. The number of ether oxygens (including phenoxy) is 1. The molecule has 1 N–H and O–H groups in total. The fourth-order valence-corrected chi connectivity index (χ4v) is 5.21. The molecular weight excluding hydrogens is 492 g/mol. The maximum atomic E-state index is 14.0. The molecule has 0 saturated heterocycles. The second kappa shape index (κ2) is 10.7. The highest BCUT2D eigenvalue weighted by molar-refractivity contribution is 6.20. The van der Waals surface area contributed by atoms with Crippen LogP contribution < -0.4 is 14.5 Å². The fourth-order valence-electron chi connectivity index (χ4n) is 5.21. The fraction of sp³-hybridized carbons (Fsp3) is 0.250. The van der Waals surface area contributed by atoms with Gasteiger partial charge in [-0.05, 0) is 67.8 Å². The zero-order chi connectivity index (χ0) is 27.7. The number of hydrogen-bond acceptors (Lipinski definition) is 6. The Labute approximate surface area is 227 Å². The topological polar surface area (TPSA) is 83.2 Å². The summed E-state index contributed by atoms with van der Waals surface area (Å²) in [5, 5.41) is 11.8. The quantitative estimate of drug-likeness (QED) is 0.247. The van der Waals surface area contributed by atoms with Crippen LogP contribution in [0.5, 0.6) is 5.75 Å². The van der Waals surface area contributed by atoms with Crippen molar-refractivity contribution in [3.8, 4) is 5.75 Å². The average molecular weight is 525 g/mol. The highest BCUT2D eigenvalue weighted by Gasteiger charge is 2.45. The van der Waals surface area contributed by atoms with Crippen LogP contribution in [0.1, 0.15) is 48.5 Å². The Hall–Kier alpha value is -4.52. The largest absolute Gasteiger partial charge is 0.503 e. The summed E-state index contributed by atoms with van der Waals surface area (Å²) < 4.78 is 11.3. The molecule has 0 saturated carbocycles. The van der Waals surface area contributed by atoms with E-state index in [2.05, 4.69) is 25.7 Å². The lowest BCUT2D eigenvalue weighted by atomic mass is 9.94. The number of para-hydroxylation sites is 1. The van der Waals surface area contributed by atoms with Gasteiger partial charge in [-0.1, -0.05) is 43.3 Å². The number of anilines is 2. The minimum Gasteiger partial charge on any atom is -0.503 e. The minimum atomic E-state index is -0.835. The Morgan fingerprint density at radius 1 is 1.00 bits per heavy atom. The van der Waals surface area contributed by atoms with E-state index in [1.807, 2.05) is 60.7 Å². The SMILES string of the molecule is CCc1ccc(N2C(=O)C(O)=C(C(=O)c3cc4cccc(OC)c4o3)C2c2ccc(N(CC)CC)cc2)cc1. The number of fused-ring (bicyclic) bond motifs is 1. The standard InChI is InChI=1S/C32H32N2O5/c1-5-20-11-15-24(16-12-20)34-28(21-13-17-23(18-14-21)33(6-2)7-3)27(30(36)32(34)37)29(35)26-19-22-9-8-10-25(38-4)31(22)39-26/h8-19,28,36H,5-7H2,1-4H3. The molecule has 0 spiro atoms. The van der Waals surface area contributed by atoms with Crippen LogP contribution in [0.25, 0.3) is 11.0 Å². The van der Waals surface area contributed by atoms with Gasteiger partial charge < -0.3 is 19.2 Å². The molecule has 0 radical (unpaired) electrons.